The summed E-state index contributed by atoms with van der Waals surface area (Å²) >= 11 is 0. The van der Waals surface area contributed by atoms with E-state index in [9.17, 15) is 13.2 Å². The third-order valence-corrected chi connectivity index (χ3v) is 4.51. The molecule has 0 bridgehead atoms. The molecule has 1 aliphatic carbocycles. The number of nitrogens with one attached hydrogen (secondary N) is 1. The molecule has 1 aromatic carbocycles. The first-order valence-corrected chi connectivity index (χ1v) is 8.41. The second kappa shape index (κ2) is 5.33. The van der Waals surface area contributed by atoms with Gasteiger partial charge >= 0.3 is 0 Å². The van der Waals surface area contributed by atoms with E-state index >= 15 is 0 Å². The molecule has 0 saturated heterocycles. The van der Waals surface area contributed by atoms with Crippen LogP contribution in [-0.2, 0) is 14.6 Å². The van der Waals surface area contributed by atoms with Crippen LogP contribution in [0, 0.1) is 5.92 Å². The average molecular weight is 281 g/mol. The highest BCUT2D eigenvalue weighted by Gasteiger charge is 2.30. The van der Waals surface area contributed by atoms with Crippen molar-refractivity contribution >= 4 is 15.7 Å². The number of carbonyl (C=O) groups excluding carboxylic acids is 1. The van der Waals surface area contributed by atoms with E-state index in [1.165, 1.54) is 6.26 Å². The molecule has 104 valence electrons. The zero-order valence-corrected chi connectivity index (χ0v) is 12.0. The Bertz CT molecular complexity index is 559. The topological polar surface area (TPSA) is 63.2 Å². The Balaban J connectivity index is 2.12. The highest BCUT2D eigenvalue weighted by Crippen LogP contribution is 2.30. The second-order valence-corrected chi connectivity index (χ2v) is 7.10. The number of hydrogen-bond acceptors (Lipinski definition) is 3. The first kappa shape index (κ1) is 14.1. The van der Waals surface area contributed by atoms with Gasteiger partial charge in [0.1, 0.15) is 0 Å². The minimum Gasteiger partial charge on any atom is -0.349 e. The fourth-order valence-electron chi connectivity index (χ4n) is 2.00. The highest BCUT2D eigenvalue weighted by molar-refractivity contribution is 7.90. The highest BCUT2D eigenvalue weighted by atomic mass is 32.2. The minimum atomic E-state index is -3.17. The SMILES string of the molecule is CC[C@H](NC(=O)C1CC1)c1ccc(S(C)(=O)=O)cc1. The number of benzene rings is 1. The fourth-order valence-corrected chi connectivity index (χ4v) is 2.63. The molecule has 0 heterocycles. The van der Waals surface area contributed by atoms with Crippen LogP contribution in [0.4, 0.5) is 0 Å². The molecule has 0 unspecified atom stereocenters. The van der Waals surface area contributed by atoms with Crippen LogP contribution >= 0.6 is 0 Å². The summed E-state index contributed by atoms with van der Waals surface area (Å²) in [5.41, 5.74) is 0.948. The van der Waals surface area contributed by atoms with E-state index < -0.39 is 9.84 Å². The standard InChI is InChI=1S/C14H19NO3S/c1-3-13(15-14(16)11-4-5-11)10-6-8-12(9-7-10)19(2,17)18/h6-9,11,13H,3-5H2,1-2H3,(H,15,16)/t13-/m0/s1. The number of carbonyl (C=O) groups is 1. The van der Waals surface area contributed by atoms with Gasteiger partial charge in [-0.1, -0.05) is 19.1 Å². The van der Waals surface area contributed by atoms with Crippen molar-refractivity contribution in [1.29, 1.82) is 0 Å². The second-order valence-electron chi connectivity index (χ2n) is 5.08. The lowest BCUT2D eigenvalue weighted by Crippen LogP contribution is -2.29. The first-order valence-electron chi connectivity index (χ1n) is 6.52. The van der Waals surface area contributed by atoms with Crippen LogP contribution in [0.15, 0.2) is 29.2 Å². The average Bonchev–Trinajstić information content (AvgIpc) is 3.19. The largest absolute Gasteiger partial charge is 0.349 e. The number of sulfone groups is 1. The molecule has 0 spiro atoms. The van der Waals surface area contributed by atoms with Gasteiger partial charge in [0.25, 0.3) is 0 Å². The predicted molar refractivity (Wildman–Crippen MR) is 73.5 cm³/mol. The van der Waals surface area contributed by atoms with Crippen molar-refractivity contribution in [3.63, 3.8) is 0 Å². The Morgan fingerprint density at radius 1 is 1.32 bits per heavy atom. The van der Waals surface area contributed by atoms with Crippen LogP contribution in [0.3, 0.4) is 0 Å². The summed E-state index contributed by atoms with van der Waals surface area (Å²) in [5, 5.41) is 3.01. The van der Waals surface area contributed by atoms with Crippen molar-refractivity contribution in [3.05, 3.63) is 29.8 Å². The van der Waals surface area contributed by atoms with Crippen LogP contribution in [-0.4, -0.2) is 20.6 Å². The van der Waals surface area contributed by atoms with Gasteiger partial charge in [0.2, 0.25) is 5.91 Å². The number of rotatable bonds is 5. The Labute approximate surface area is 114 Å². The normalized spacial score (nSPS) is 16.9. The number of hydrogen-bond donors (Lipinski definition) is 1. The molecule has 1 N–H and O–H groups in total. The van der Waals surface area contributed by atoms with Gasteiger partial charge in [0, 0.05) is 12.2 Å². The van der Waals surface area contributed by atoms with Crippen LogP contribution in [0.25, 0.3) is 0 Å². The van der Waals surface area contributed by atoms with Crippen molar-refractivity contribution in [2.45, 2.75) is 37.1 Å². The van der Waals surface area contributed by atoms with E-state index in [4.69, 9.17) is 0 Å². The summed E-state index contributed by atoms with van der Waals surface area (Å²) < 4.78 is 22.8. The first-order chi connectivity index (χ1) is 8.91. The number of amides is 1. The molecule has 1 saturated carbocycles. The van der Waals surface area contributed by atoms with Crippen LogP contribution < -0.4 is 5.32 Å². The minimum absolute atomic E-state index is 0.0401. The predicted octanol–water partition coefficient (Wildman–Crippen LogP) is 2.07. The third-order valence-electron chi connectivity index (χ3n) is 3.38. The molecule has 2 rings (SSSR count). The lowest BCUT2D eigenvalue weighted by Gasteiger charge is -2.17. The molecule has 1 fully saturated rings. The third kappa shape index (κ3) is 3.56. The summed E-state index contributed by atoms with van der Waals surface area (Å²) in [5.74, 6) is 0.295. The Hall–Kier alpha value is -1.36. The molecule has 0 aliphatic heterocycles. The molecular weight excluding hydrogens is 262 g/mol. The zero-order chi connectivity index (χ0) is 14.0. The van der Waals surface area contributed by atoms with E-state index in [2.05, 4.69) is 5.32 Å². The van der Waals surface area contributed by atoms with Crippen molar-refractivity contribution in [1.82, 2.24) is 5.32 Å². The van der Waals surface area contributed by atoms with Gasteiger partial charge in [-0.3, -0.25) is 4.79 Å². The fraction of sp³-hybridized carbons (Fsp3) is 0.500. The molecule has 5 heteroatoms. The Morgan fingerprint density at radius 3 is 2.32 bits per heavy atom. The summed E-state index contributed by atoms with van der Waals surface area (Å²) in [6.45, 7) is 2.00. The van der Waals surface area contributed by atoms with Crippen LogP contribution in [0.1, 0.15) is 37.8 Å². The van der Waals surface area contributed by atoms with Gasteiger partial charge in [0.15, 0.2) is 9.84 Å². The molecular formula is C14H19NO3S. The molecule has 1 aromatic rings. The van der Waals surface area contributed by atoms with Crippen molar-refractivity contribution in [2.75, 3.05) is 6.26 Å². The molecule has 19 heavy (non-hydrogen) atoms. The van der Waals surface area contributed by atoms with Crippen molar-refractivity contribution in [2.24, 2.45) is 5.92 Å². The Morgan fingerprint density at radius 2 is 1.89 bits per heavy atom. The quantitative estimate of drug-likeness (QED) is 0.898. The summed E-state index contributed by atoms with van der Waals surface area (Å²) in [7, 11) is -3.17. The van der Waals surface area contributed by atoms with Gasteiger partial charge in [-0.15, -0.1) is 0 Å². The lowest BCUT2D eigenvalue weighted by molar-refractivity contribution is -0.123. The van der Waals surface area contributed by atoms with Crippen molar-refractivity contribution in [3.8, 4) is 0 Å². The van der Waals surface area contributed by atoms with Gasteiger partial charge in [-0.25, -0.2) is 8.42 Å². The Kier molecular flexibility index (Phi) is 3.94. The molecule has 0 radical (unpaired) electrons. The van der Waals surface area contributed by atoms with Crippen molar-refractivity contribution < 1.29 is 13.2 Å². The van der Waals surface area contributed by atoms with Crippen LogP contribution in [0.5, 0.6) is 0 Å². The van der Waals surface area contributed by atoms with E-state index in [1.54, 1.807) is 24.3 Å². The molecule has 4 nitrogen and oxygen atoms in total. The molecule has 1 atom stereocenters. The van der Waals surface area contributed by atoms with E-state index in [0.29, 0.717) is 4.90 Å². The smallest absolute Gasteiger partial charge is 0.223 e. The summed E-state index contributed by atoms with van der Waals surface area (Å²) in [6, 6.07) is 6.70. The van der Waals surface area contributed by atoms with Gasteiger partial charge < -0.3 is 5.32 Å². The maximum Gasteiger partial charge on any atom is 0.223 e. The zero-order valence-electron chi connectivity index (χ0n) is 11.2. The molecule has 1 aliphatic rings. The maximum absolute atomic E-state index is 11.8. The van der Waals surface area contributed by atoms with Gasteiger partial charge in [0.05, 0.1) is 10.9 Å². The van der Waals surface area contributed by atoms with E-state index in [-0.39, 0.29) is 17.9 Å². The maximum atomic E-state index is 11.8. The summed E-state index contributed by atoms with van der Waals surface area (Å²) in [6.07, 6.45) is 3.94. The summed E-state index contributed by atoms with van der Waals surface area (Å²) in [4.78, 5) is 12.1. The van der Waals surface area contributed by atoms with Crippen LogP contribution in [0.2, 0.25) is 0 Å². The van der Waals surface area contributed by atoms with Gasteiger partial charge in [-0.05, 0) is 37.0 Å². The lowest BCUT2D eigenvalue weighted by atomic mass is 10.0. The van der Waals surface area contributed by atoms with E-state index in [0.717, 1.165) is 24.8 Å². The molecule has 0 aromatic heterocycles. The molecule has 1 amide bonds. The monoisotopic (exact) mass is 281 g/mol. The van der Waals surface area contributed by atoms with E-state index in [1.807, 2.05) is 6.92 Å². The van der Waals surface area contributed by atoms with Gasteiger partial charge in [-0.2, -0.15) is 0 Å².